The molecule has 0 radical (unpaired) electrons. The number of carbonyl (C=O) groups excluding carboxylic acids is 1. The molecule has 1 aromatic carbocycles. The van der Waals surface area contributed by atoms with Gasteiger partial charge in [-0.1, -0.05) is 17.8 Å². The Morgan fingerprint density at radius 1 is 1.22 bits per heavy atom. The van der Waals surface area contributed by atoms with Gasteiger partial charge in [-0.05, 0) is 77.9 Å². The van der Waals surface area contributed by atoms with Gasteiger partial charge in [0.15, 0.2) is 4.32 Å². The highest BCUT2D eigenvalue weighted by Gasteiger charge is 2.34. The molecule has 1 aliphatic rings. The van der Waals surface area contributed by atoms with Crippen LogP contribution in [-0.2, 0) is 4.79 Å². The fourth-order valence-corrected chi connectivity index (χ4v) is 4.00. The summed E-state index contributed by atoms with van der Waals surface area (Å²) in [5, 5.41) is 1.50. The van der Waals surface area contributed by atoms with E-state index in [9.17, 15) is 9.18 Å². The quantitative estimate of drug-likeness (QED) is 0.536. The Kier molecular flexibility index (Phi) is 4.44. The van der Waals surface area contributed by atoms with Crippen molar-refractivity contribution >= 4 is 56.2 Å². The molecule has 1 aromatic heterocycles. The molecule has 0 spiro atoms. The number of thiocarbonyl (C=S) groups is 1. The normalized spacial score (nSPS) is 16.7. The van der Waals surface area contributed by atoms with Gasteiger partial charge < -0.3 is 0 Å². The summed E-state index contributed by atoms with van der Waals surface area (Å²) in [6, 6.07) is 8.49. The number of carbonyl (C=O) groups is 1. The van der Waals surface area contributed by atoms with E-state index in [1.807, 2.05) is 26.0 Å². The predicted molar refractivity (Wildman–Crippen MR) is 99.4 cm³/mol. The number of rotatable bonds is 2. The molecule has 2 aromatic rings. The van der Waals surface area contributed by atoms with Crippen molar-refractivity contribution < 1.29 is 9.18 Å². The number of aryl methyl sites for hydroxylation is 2. The summed E-state index contributed by atoms with van der Waals surface area (Å²) in [4.78, 5) is 13.2. The molecule has 0 unspecified atom stereocenters. The van der Waals surface area contributed by atoms with Crippen molar-refractivity contribution in [1.82, 2.24) is 4.68 Å². The first kappa shape index (κ1) is 16.4. The van der Waals surface area contributed by atoms with Gasteiger partial charge in [-0.25, -0.2) is 4.39 Å². The van der Waals surface area contributed by atoms with Gasteiger partial charge in [-0.15, -0.1) is 0 Å². The minimum absolute atomic E-state index is 0.178. The molecule has 7 heteroatoms. The first-order chi connectivity index (χ1) is 10.9. The van der Waals surface area contributed by atoms with Gasteiger partial charge in [-0.2, -0.15) is 5.01 Å². The van der Waals surface area contributed by atoms with Crippen LogP contribution >= 0.6 is 39.9 Å². The zero-order chi connectivity index (χ0) is 16.7. The Bertz CT molecular complexity index is 840. The SMILES string of the molecule is Cc1ccc(C)n1N1C(=O)/C(=C\c2ccc(F)c(Br)c2)SC1=S. The van der Waals surface area contributed by atoms with E-state index in [1.165, 1.54) is 22.8 Å². The monoisotopic (exact) mass is 410 g/mol. The third kappa shape index (κ3) is 3.00. The van der Waals surface area contributed by atoms with E-state index in [-0.39, 0.29) is 11.7 Å². The Balaban J connectivity index is 1.98. The zero-order valence-electron chi connectivity index (χ0n) is 12.3. The van der Waals surface area contributed by atoms with Crippen LogP contribution in [0.25, 0.3) is 6.08 Å². The van der Waals surface area contributed by atoms with E-state index in [0.717, 1.165) is 17.0 Å². The summed E-state index contributed by atoms with van der Waals surface area (Å²) in [6.45, 7) is 3.85. The highest BCUT2D eigenvalue weighted by molar-refractivity contribution is 9.10. The van der Waals surface area contributed by atoms with Crippen LogP contribution in [0.15, 0.2) is 39.7 Å². The second-order valence-electron chi connectivity index (χ2n) is 5.09. The maximum atomic E-state index is 13.3. The topological polar surface area (TPSA) is 25.2 Å². The molecule has 0 N–H and O–H groups in total. The van der Waals surface area contributed by atoms with Crippen LogP contribution in [0.5, 0.6) is 0 Å². The summed E-state index contributed by atoms with van der Waals surface area (Å²) in [5.41, 5.74) is 2.61. The second-order valence-corrected chi connectivity index (χ2v) is 7.63. The standard InChI is InChI=1S/C16H12BrFN2OS2/c1-9-3-4-10(2)19(9)20-15(21)14(23-16(20)22)8-11-5-6-13(18)12(17)7-11/h3-8H,1-2H3/b14-8+. The lowest BCUT2D eigenvalue weighted by Gasteiger charge is -2.20. The van der Waals surface area contributed by atoms with Gasteiger partial charge in [0.05, 0.1) is 9.38 Å². The molecule has 1 amide bonds. The number of aromatic nitrogens is 1. The largest absolute Gasteiger partial charge is 0.285 e. The number of nitrogens with zero attached hydrogens (tertiary/aromatic N) is 2. The lowest BCUT2D eigenvalue weighted by Crippen LogP contribution is -2.39. The van der Waals surface area contributed by atoms with E-state index in [2.05, 4.69) is 15.9 Å². The number of halogens is 2. The van der Waals surface area contributed by atoms with Crippen molar-refractivity contribution in [1.29, 1.82) is 0 Å². The van der Waals surface area contributed by atoms with E-state index in [1.54, 1.807) is 22.9 Å². The third-order valence-electron chi connectivity index (χ3n) is 3.45. The molecule has 0 aliphatic carbocycles. The van der Waals surface area contributed by atoms with E-state index < -0.39 is 0 Å². The van der Waals surface area contributed by atoms with Crippen molar-refractivity contribution in [2.75, 3.05) is 5.01 Å². The van der Waals surface area contributed by atoms with Gasteiger partial charge in [-0.3, -0.25) is 9.47 Å². The molecule has 3 rings (SSSR count). The minimum atomic E-state index is -0.340. The first-order valence-corrected chi connectivity index (χ1v) is 8.78. The van der Waals surface area contributed by atoms with Crippen LogP contribution in [0.1, 0.15) is 17.0 Å². The summed E-state index contributed by atoms with van der Waals surface area (Å²) in [6.07, 6.45) is 1.72. The van der Waals surface area contributed by atoms with Crippen LogP contribution in [0.3, 0.4) is 0 Å². The molecule has 0 saturated carbocycles. The molecular weight excluding hydrogens is 399 g/mol. The fourth-order valence-electron chi connectivity index (χ4n) is 2.36. The van der Waals surface area contributed by atoms with Gasteiger partial charge in [0.2, 0.25) is 0 Å². The van der Waals surface area contributed by atoms with Crippen molar-refractivity contribution in [3.05, 3.63) is 62.5 Å². The van der Waals surface area contributed by atoms with Crippen molar-refractivity contribution in [3.8, 4) is 0 Å². The number of hydrogen-bond donors (Lipinski definition) is 0. The Hall–Kier alpha value is -1.44. The maximum absolute atomic E-state index is 13.3. The highest BCUT2D eigenvalue weighted by atomic mass is 79.9. The Labute approximate surface area is 151 Å². The molecule has 1 saturated heterocycles. The minimum Gasteiger partial charge on any atom is -0.266 e. The summed E-state index contributed by atoms with van der Waals surface area (Å²) in [7, 11) is 0. The number of hydrogen-bond acceptors (Lipinski definition) is 3. The second kappa shape index (κ2) is 6.22. The van der Waals surface area contributed by atoms with Gasteiger partial charge >= 0.3 is 0 Å². The van der Waals surface area contributed by atoms with Crippen molar-refractivity contribution in [3.63, 3.8) is 0 Å². The molecule has 1 aliphatic heterocycles. The first-order valence-electron chi connectivity index (χ1n) is 6.76. The molecule has 23 heavy (non-hydrogen) atoms. The van der Waals surface area contributed by atoms with E-state index >= 15 is 0 Å². The summed E-state index contributed by atoms with van der Waals surface area (Å²) < 4.78 is 16.0. The molecule has 1 fully saturated rings. The lowest BCUT2D eigenvalue weighted by atomic mass is 10.2. The summed E-state index contributed by atoms with van der Waals surface area (Å²) >= 11 is 9.75. The van der Waals surface area contributed by atoms with Crippen LogP contribution in [0, 0.1) is 19.7 Å². The number of thioether (sulfide) groups is 1. The number of benzene rings is 1. The van der Waals surface area contributed by atoms with Gasteiger partial charge in [0, 0.05) is 11.4 Å². The molecule has 2 heterocycles. The third-order valence-corrected chi connectivity index (χ3v) is 5.34. The van der Waals surface area contributed by atoms with Crippen LogP contribution in [0.2, 0.25) is 0 Å². The van der Waals surface area contributed by atoms with Crippen LogP contribution in [0.4, 0.5) is 4.39 Å². The average molecular weight is 411 g/mol. The average Bonchev–Trinajstić information content (AvgIpc) is 2.95. The fraction of sp³-hybridized carbons (Fsp3) is 0.125. The summed E-state index contributed by atoms with van der Waals surface area (Å²) in [5.74, 6) is -0.517. The van der Waals surface area contributed by atoms with Crippen LogP contribution < -0.4 is 5.01 Å². The molecule has 118 valence electrons. The molecule has 0 atom stereocenters. The van der Waals surface area contributed by atoms with Gasteiger partial charge in [0.1, 0.15) is 5.82 Å². The van der Waals surface area contributed by atoms with E-state index in [0.29, 0.717) is 13.7 Å². The Morgan fingerprint density at radius 3 is 2.48 bits per heavy atom. The van der Waals surface area contributed by atoms with Crippen molar-refractivity contribution in [2.45, 2.75) is 13.8 Å². The molecule has 3 nitrogen and oxygen atoms in total. The predicted octanol–water partition coefficient (Wildman–Crippen LogP) is 4.54. The van der Waals surface area contributed by atoms with Crippen molar-refractivity contribution in [2.24, 2.45) is 0 Å². The lowest BCUT2D eigenvalue weighted by molar-refractivity contribution is -0.114. The van der Waals surface area contributed by atoms with Crippen LogP contribution in [-0.4, -0.2) is 14.9 Å². The van der Waals surface area contributed by atoms with E-state index in [4.69, 9.17) is 12.2 Å². The smallest absolute Gasteiger partial charge is 0.266 e. The number of amides is 1. The molecule has 0 bridgehead atoms. The zero-order valence-corrected chi connectivity index (χ0v) is 15.6. The maximum Gasteiger partial charge on any atom is 0.285 e. The highest BCUT2D eigenvalue weighted by Crippen LogP contribution is 2.33. The molecular formula is C16H12BrFN2OS2. The Morgan fingerprint density at radius 2 is 1.87 bits per heavy atom. The van der Waals surface area contributed by atoms with Gasteiger partial charge in [0.25, 0.3) is 5.91 Å².